The van der Waals surface area contributed by atoms with Crippen molar-refractivity contribution in [3.05, 3.63) is 0 Å². The summed E-state index contributed by atoms with van der Waals surface area (Å²) in [5, 5.41) is 0. The second-order valence-corrected chi connectivity index (χ2v) is 4.95. The van der Waals surface area contributed by atoms with Crippen molar-refractivity contribution in [2.75, 3.05) is 19.8 Å². The summed E-state index contributed by atoms with van der Waals surface area (Å²) in [6.45, 7) is 0.359. The van der Waals surface area contributed by atoms with Gasteiger partial charge in [0.25, 0.3) is 11.8 Å². The second kappa shape index (κ2) is 5.60. The lowest BCUT2D eigenvalue weighted by Crippen LogP contribution is -2.52. The van der Waals surface area contributed by atoms with Gasteiger partial charge in [-0.2, -0.15) is 0 Å². The first-order valence-electron chi connectivity index (χ1n) is 6.35. The summed E-state index contributed by atoms with van der Waals surface area (Å²) in [5.41, 5.74) is 6.12. The molecule has 0 spiro atoms. The summed E-state index contributed by atoms with van der Waals surface area (Å²) in [6.07, 6.45) is 5.94. The van der Waals surface area contributed by atoms with E-state index in [9.17, 15) is 9.59 Å². The average Bonchev–Trinajstić information content (AvgIpc) is 2.35. The minimum atomic E-state index is -0.257. The van der Waals surface area contributed by atoms with Gasteiger partial charge in [0.1, 0.15) is 13.2 Å². The van der Waals surface area contributed by atoms with Crippen LogP contribution in [0.5, 0.6) is 0 Å². The molecule has 1 saturated heterocycles. The lowest BCUT2D eigenvalue weighted by Gasteiger charge is -2.32. The largest absolute Gasteiger partial charge is 0.362 e. The van der Waals surface area contributed by atoms with Crippen LogP contribution < -0.4 is 5.73 Å². The highest BCUT2D eigenvalue weighted by Crippen LogP contribution is 2.26. The van der Waals surface area contributed by atoms with E-state index >= 15 is 0 Å². The van der Waals surface area contributed by atoms with E-state index in [0.717, 1.165) is 12.8 Å². The summed E-state index contributed by atoms with van der Waals surface area (Å²) in [7, 11) is 0. The third-order valence-electron chi connectivity index (χ3n) is 3.70. The van der Waals surface area contributed by atoms with Gasteiger partial charge < -0.3 is 10.5 Å². The molecular formula is C12H20N2O3. The van der Waals surface area contributed by atoms with Gasteiger partial charge in [-0.25, -0.2) is 0 Å². The van der Waals surface area contributed by atoms with Crippen molar-refractivity contribution < 1.29 is 14.3 Å². The Labute approximate surface area is 101 Å². The third kappa shape index (κ3) is 3.04. The summed E-state index contributed by atoms with van der Waals surface area (Å²) in [6, 6.07) is -0.0821. The molecule has 1 unspecified atom stereocenters. The molecule has 2 N–H and O–H groups in total. The van der Waals surface area contributed by atoms with E-state index in [1.807, 2.05) is 0 Å². The highest BCUT2D eigenvalue weighted by Gasteiger charge is 2.30. The number of rotatable bonds is 3. The van der Waals surface area contributed by atoms with Crippen LogP contribution in [0.4, 0.5) is 0 Å². The number of imide groups is 1. The van der Waals surface area contributed by atoms with Gasteiger partial charge in [-0.05, 0) is 18.8 Å². The number of morpholine rings is 1. The quantitative estimate of drug-likeness (QED) is 0.719. The van der Waals surface area contributed by atoms with E-state index in [1.54, 1.807) is 0 Å². The Morgan fingerprint density at radius 3 is 2.35 bits per heavy atom. The van der Waals surface area contributed by atoms with Crippen molar-refractivity contribution in [2.45, 2.75) is 38.1 Å². The van der Waals surface area contributed by atoms with E-state index in [1.165, 1.54) is 24.2 Å². The van der Waals surface area contributed by atoms with Crippen LogP contribution in [0.1, 0.15) is 32.1 Å². The molecule has 17 heavy (non-hydrogen) atoms. The maximum atomic E-state index is 11.5. The van der Waals surface area contributed by atoms with Gasteiger partial charge in [0, 0.05) is 12.6 Å². The molecule has 96 valence electrons. The minimum Gasteiger partial charge on any atom is -0.362 e. The van der Waals surface area contributed by atoms with E-state index in [-0.39, 0.29) is 31.1 Å². The van der Waals surface area contributed by atoms with E-state index < -0.39 is 0 Å². The van der Waals surface area contributed by atoms with Gasteiger partial charge in [0.15, 0.2) is 0 Å². The molecule has 1 saturated carbocycles. The van der Waals surface area contributed by atoms with Crippen LogP contribution in [0.2, 0.25) is 0 Å². The molecular weight excluding hydrogens is 220 g/mol. The number of carbonyl (C=O) groups is 2. The van der Waals surface area contributed by atoms with Gasteiger partial charge >= 0.3 is 0 Å². The molecule has 2 fully saturated rings. The first kappa shape index (κ1) is 12.5. The molecule has 0 aromatic rings. The predicted octanol–water partition coefficient (Wildman–Crippen LogP) is 0.279. The second-order valence-electron chi connectivity index (χ2n) is 4.95. The van der Waals surface area contributed by atoms with Crippen molar-refractivity contribution in [1.29, 1.82) is 0 Å². The van der Waals surface area contributed by atoms with Crippen LogP contribution in [0.15, 0.2) is 0 Å². The number of ether oxygens (including phenoxy) is 1. The van der Waals surface area contributed by atoms with E-state index in [4.69, 9.17) is 10.5 Å². The number of hydrogen-bond donors (Lipinski definition) is 1. The molecule has 2 amide bonds. The summed E-state index contributed by atoms with van der Waals surface area (Å²) >= 11 is 0. The monoisotopic (exact) mass is 240 g/mol. The van der Waals surface area contributed by atoms with Crippen molar-refractivity contribution in [1.82, 2.24) is 4.90 Å². The van der Waals surface area contributed by atoms with Gasteiger partial charge in [-0.3, -0.25) is 14.5 Å². The van der Waals surface area contributed by atoms with Crippen LogP contribution in [0, 0.1) is 5.92 Å². The Morgan fingerprint density at radius 1 is 1.18 bits per heavy atom. The van der Waals surface area contributed by atoms with Crippen LogP contribution in [-0.4, -0.2) is 42.5 Å². The zero-order valence-corrected chi connectivity index (χ0v) is 10.1. The molecule has 0 aromatic carbocycles. The van der Waals surface area contributed by atoms with Crippen molar-refractivity contribution in [3.63, 3.8) is 0 Å². The molecule has 2 rings (SSSR count). The molecule has 1 aliphatic heterocycles. The Hall–Kier alpha value is -0.940. The Kier molecular flexibility index (Phi) is 4.12. The smallest absolute Gasteiger partial charge is 0.255 e. The van der Waals surface area contributed by atoms with Crippen LogP contribution in [0.25, 0.3) is 0 Å². The van der Waals surface area contributed by atoms with Crippen molar-refractivity contribution in [2.24, 2.45) is 11.7 Å². The molecule has 1 atom stereocenters. The first-order chi connectivity index (χ1) is 8.18. The van der Waals surface area contributed by atoms with Crippen LogP contribution >= 0.6 is 0 Å². The topological polar surface area (TPSA) is 72.6 Å². The van der Waals surface area contributed by atoms with E-state index in [0.29, 0.717) is 12.5 Å². The summed E-state index contributed by atoms with van der Waals surface area (Å²) in [4.78, 5) is 24.4. The predicted molar refractivity (Wildman–Crippen MR) is 62.1 cm³/mol. The fourth-order valence-corrected chi connectivity index (χ4v) is 2.65. The number of carbonyl (C=O) groups excluding carboxylic acids is 2. The number of hydrogen-bond acceptors (Lipinski definition) is 4. The zero-order chi connectivity index (χ0) is 12.3. The Balaban J connectivity index is 1.89. The standard InChI is InChI=1S/C12H20N2O3/c13-10(9-4-2-1-3-5-9)6-14-11(15)7-17-8-12(14)16/h9-10H,1-8,13H2. The molecule has 5 heteroatoms. The highest BCUT2D eigenvalue weighted by atomic mass is 16.5. The van der Waals surface area contributed by atoms with Crippen LogP contribution in [0.3, 0.4) is 0 Å². The highest BCUT2D eigenvalue weighted by molar-refractivity contribution is 5.98. The van der Waals surface area contributed by atoms with Crippen LogP contribution in [-0.2, 0) is 14.3 Å². The SMILES string of the molecule is NC(CN1C(=O)COCC1=O)C1CCCCC1. The molecule has 5 nitrogen and oxygen atoms in total. The molecule has 1 heterocycles. The summed E-state index contributed by atoms with van der Waals surface area (Å²) < 4.78 is 4.87. The molecule has 0 bridgehead atoms. The van der Waals surface area contributed by atoms with Gasteiger partial charge in [-0.1, -0.05) is 19.3 Å². The molecule has 1 aliphatic carbocycles. The zero-order valence-electron chi connectivity index (χ0n) is 10.1. The minimum absolute atomic E-state index is 0.00310. The lowest BCUT2D eigenvalue weighted by molar-refractivity contribution is -0.158. The van der Waals surface area contributed by atoms with Crippen molar-refractivity contribution in [3.8, 4) is 0 Å². The Morgan fingerprint density at radius 2 is 1.76 bits per heavy atom. The van der Waals surface area contributed by atoms with Gasteiger partial charge in [0.2, 0.25) is 0 Å². The molecule has 2 aliphatic rings. The Bertz CT molecular complexity index is 284. The maximum absolute atomic E-state index is 11.5. The fourth-order valence-electron chi connectivity index (χ4n) is 2.65. The molecule has 0 radical (unpaired) electrons. The lowest BCUT2D eigenvalue weighted by atomic mass is 9.84. The summed E-state index contributed by atoms with van der Waals surface area (Å²) in [5.74, 6) is -0.0628. The number of amides is 2. The normalized spacial score (nSPS) is 25.1. The van der Waals surface area contributed by atoms with E-state index in [2.05, 4.69) is 0 Å². The number of nitrogens with two attached hydrogens (primary N) is 1. The fraction of sp³-hybridized carbons (Fsp3) is 0.833. The third-order valence-corrected chi connectivity index (χ3v) is 3.70. The molecule has 0 aromatic heterocycles. The van der Waals surface area contributed by atoms with Gasteiger partial charge in [0.05, 0.1) is 0 Å². The van der Waals surface area contributed by atoms with Crippen molar-refractivity contribution >= 4 is 11.8 Å². The number of nitrogens with zero attached hydrogens (tertiary/aromatic N) is 1. The average molecular weight is 240 g/mol. The van der Waals surface area contributed by atoms with Gasteiger partial charge in [-0.15, -0.1) is 0 Å². The maximum Gasteiger partial charge on any atom is 0.255 e. The first-order valence-corrected chi connectivity index (χ1v) is 6.35.